The van der Waals surface area contributed by atoms with E-state index in [4.69, 9.17) is 11.6 Å². The van der Waals surface area contributed by atoms with E-state index in [1.165, 1.54) is 0 Å². The van der Waals surface area contributed by atoms with Gasteiger partial charge in [0.25, 0.3) is 5.91 Å². The molecule has 0 atom stereocenters. The molecule has 160 valence electrons. The highest BCUT2D eigenvalue weighted by molar-refractivity contribution is 6.30. The van der Waals surface area contributed by atoms with Crippen molar-refractivity contribution >= 4 is 29.2 Å². The number of pyridine rings is 1. The predicted molar refractivity (Wildman–Crippen MR) is 119 cm³/mol. The monoisotopic (exact) mass is 429 g/mol. The van der Waals surface area contributed by atoms with E-state index in [1.54, 1.807) is 30.5 Å². The molecule has 7 nitrogen and oxygen atoms in total. The predicted octanol–water partition coefficient (Wildman–Crippen LogP) is 2.31. The van der Waals surface area contributed by atoms with Crippen molar-refractivity contribution in [2.75, 3.05) is 44.7 Å². The Labute approximate surface area is 182 Å². The van der Waals surface area contributed by atoms with Gasteiger partial charge in [0.15, 0.2) is 0 Å². The number of carbonyl (C=O) groups excluding carboxylic acids is 2. The highest BCUT2D eigenvalue weighted by Crippen LogP contribution is 2.18. The zero-order valence-electron chi connectivity index (χ0n) is 17.2. The number of halogens is 1. The molecule has 0 spiro atoms. The summed E-state index contributed by atoms with van der Waals surface area (Å²) >= 11 is 5.83. The van der Waals surface area contributed by atoms with Gasteiger partial charge in [0, 0.05) is 68.0 Å². The van der Waals surface area contributed by atoms with Gasteiger partial charge >= 0.3 is 0 Å². The lowest BCUT2D eigenvalue weighted by atomic mass is 10.2. The summed E-state index contributed by atoms with van der Waals surface area (Å²) in [5.41, 5.74) is 1.57. The zero-order valence-corrected chi connectivity index (χ0v) is 18.0. The number of benzene rings is 1. The van der Waals surface area contributed by atoms with Crippen molar-refractivity contribution in [1.82, 2.24) is 20.5 Å². The molecule has 1 fully saturated rings. The van der Waals surface area contributed by atoms with Gasteiger partial charge in [-0.15, -0.1) is 0 Å². The van der Waals surface area contributed by atoms with Crippen molar-refractivity contribution in [2.24, 2.45) is 0 Å². The lowest BCUT2D eigenvalue weighted by Gasteiger charge is -2.34. The third-order valence-corrected chi connectivity index (χ3v) is 5.37. The van der Waals surface area contributed by atoms with Crippen LogP contribution in [0.1, 0.15) is 28.8 Å². The SMILES string of the molecule is CN1CCN(c2ncccc2CNC(=O)CCCNC(=O)c2ccc(Cl)cc2)CC1. The Bertz CT molecular complexity index is 851. The van der Waals surface area contributed by atoms with E-state index in [0.717, 1.165) is 37.6 Å². The van der Waals surface area contributed by atoms with Crippen molar-refractivity contribution in [1.29, 1.82) is 0 Å². The molecule has 1 saturated heterocycles. The normalized spacial score (nSPS) is 14.4. The molecule has 1 aliphatic heterocycles. The molecule has 0 aliphatic carbocycles. The van der Waals surface area contributed by atoms with Gasteiger partial charge in [-0.3, -0.25) is 9.59 Å². The number of nitrogens with zero attached hydrogens (tertiary/aromatic N) is 3. The minimum Gasteiger partial charge on any atom is -0.354 e. The van der Waals surface area contributed by atoms with Gasteiger partial charge in [0.05, 0.1) is 0 Å². The number of anilines is 1. The summed E-state index contributed by atoms with van der Waals surface area (Å²) in [6.45, 7) is 4.76. The van der Waals surface area contributed by atoms with Crippen LogP contribution in [0.25, 0.3) is 0 Å². The third-order valence-electron chi connectivity index (χ3n) is 5.12. The van der Waals surface area contributed by atoms with Gasteiger partial charge in [0.2, 0.25) is 5.91 Å². The van der Waals surface area contributed by atoms with Gasteiger partial charge in [-0.2, -0.15) is 0 Å². The second-order valence-electron chi connectivity index (χ2n) is 7.42. The lowest BCUT2D eigenvalue weighted by Crippen LogP contribution is -2.45. The zero-order chi connectivity index (χ0) is 21.3. The van der Waals surface area contributed by atoms with Crippen LogP contribution in [-0.2, 0) is 11.3 Å². The second-order valence-corrected chi connectivity index (χ2v) is 7.86. The summed E-state index contributed by atoms with van der Waals surface area (Å²) in [4.78, 5) is 33.4. The smallest absolute Gasteiger partial charge is 0.251 e. The van der Waals surface area contributed by atoms with Gasteiger partial charge in [-0.25, -0.2) is 4.98 Å². The highest BCUT2D eigenvalue weighted by Gasteiger charge is 2.18. The van der Waals surface area contributed by atoms with Gasteiger partial charge in [0.1, 0.15) is 5.82 Å². The summed E-state index contributed by atoms with van der Waals surface area (Å²) in [6.07, 6.45) is 2.72. The minimum atomic E-state index is -0.167. The number of likely N-dealkylation sites (N-methyl/N-ethyl adjacent to an activating group) is 1. The van der Waals surface area contributed by atoms with E-state index in [0.29, 0.717) is 36.5 Å². The molecule has 2 aromatic rings. The molecule has 30 heavy (non-hydrogen) atoms. The molecule has 0 bridgehead atoms. The molecular weight excluding hydrogens is 402 g/mol. The molecule has 1 aromatic carbocycles. The van der Waals surface area contributed by atoms with E-state index in [1.807, 2.05) is 12.1 Å². The molecule has 0 radical (unpaired) electrons. The largest absolute Gasteiger partial charge is 0.354 e. The van der Waals surface area contributed by atoms with Crippen LogP contribution in [0.5, 0.6) is 0 Å². The maximum absolute atomic E-state index is 12.2. The molecule has 1 aromatic heterocycles. The van der Waals surface area contributed by atoms with Gasteiger partial charge < -0.3 is 20.4 Å². The third kappa shape index (κ3) is 6.43. The first-order valence-electron chi connectivity index (χ1n) is 10.2. The highest BCUT2D eigenvalue weighted by atomic mass is 35.5. The van der Waals surface area contributed by atoms with E-state index in [2.05, 4.69) is 32.5 Å². The number of aromatic nitrogens is 1. The molecule has 0 unspecified atom stereocenters. The van der Waals surface area contributed by atoms with Crippen molar-refractivity contribution in [3.63, 3.8) is 0 Å². The Morgan fingerprint density at radius 3 is 2.53 bits per heavy atom. The van der Waals surface area contributed by atoms with Crippen molar-refractivity contribution in [2.45, 2.75) is 19.4 Å². The van der Waals surface area contributed by atoms with E-state index in [9.17, 15) is 9.59 Å². The van der Waals surface area contributed by atoms with Crippen LogP contribution in [0, 0.1) is 0 Å². The van der Waals surface area contributed by atoms with Gasteiger partial charge in [-0.05, 0) is 43.8 Å². The number of hydrogen-bond acceptors (Lipinski definition) is 5. The molecule has 2 N–H and O–H groups in total. The molecule has 0 saturated carbocycles. The van der Waals surface area contributed by atoms with Crippen molar-refractivity contribution < 1.29 is 9.59 Å². The second kappa shape index (κ2) is 10.9. The Morgan fingerprint density at radius 2 is 1.80 bits per heavy atom. The minimum absolute atomic E-state index is 0.0380. The van der Waals surface area contributed by atoms with Crippen molar-refractivity contribution in [3.05, 3.63) is 58.7 Å². The summed E-state index contributed by atoms with van der Waals surface area (Å²) in [7, 11) is 2.12. The van der Waals surface area contributed by atoms with Crippen LogP contribution in [0.15, 0.2) is 42.6 Å². The van der Waals surface area contributed by atoms with Crippen LogP contribution >= 0.6 is 11.6 Å². The number of rotatable bonds is 8. The van der Waals surface area contributed by atoms with Crippen LogP contribution in [0.4, 0.5) is 5.82 Å². The molecule has 1 aliphatic rings. The first-order valence-corrected chi connectivity index (χ1v) is 10.6. The van der Waals surface area contributed by atoms with E-state index < -0.39 is 0 Å². The van der Waals surface area contributed by atoms with Crippen LogP contribution in [-0.4, -0.2) is 61.5 Å². The Morgan fingerprint density at radius 1 is 1.07 bits per heavy atom. The average Bonchev–Trinajstić information content (AvgIpc) is 2.76. The maximum Gasteiger partial charge on any atom is 0.251 e. The molecule has 2 amide bonds. The Kier molecular flexibility index (Phi) is 8.04. The van der Waals surface area contributed by atoms with E-state index in [-0.39, 0.29) is 11.8 Å². The summed E-state index contributed by atoms with van der Waals surface area (Å²) in [5, 5.41) is 6.38. The standard InChI is InChI=1S/C22H28ClN5O2/c1-27-12-14-28(15-13-27)21-18(4-2-10-24-21)16-26-20(29)5-3-11-25-22(30)17-6-8-19(23)9-7-17/h2,4,6-10H,3,5,11-16H2,1H3,(H,25,30)(H,26,29). The van der Waals surface area contributed by atoms with Crippen LogP contribution < -0.4 is 15.5 Å². The van der Waals surface area contributed by atoms with Crippen LogP contribution in [0.2, 0.25) is 5.02 Å². The van der Waals surface area contributed by atoms with E-state index >= 15 is 0 Å². The van der Waals surface area contributed by atoms with Gasteiger partial charge in [-0.1, -0.05) is 17.7 Å². The average molecular weight is 430 g/mol. The molecular formula is C22H28ClN5O2. The lowest BCUT2D eigenvalue weighted by molar-refractivity contribution is -0.121. The topological polar surface area (TPSA) is 77.6 Å². The Hall–Kier alpha value is -2.64. The quantitative estimate of drug-likeness (QED) is 0.630. The summed E-state index contributed by atoms with van der Waals surface area (Å²) in [6, 6.07) is 10.6. The number of nitrogens with one attached hydrogen (secondary N) is 2. The molecule has 8 heteroatoms. The fourth-order valence-electron chi connectivity index (χ4n) is 3.31. The number of carbonyl (C=O) groups is 2. The van der Waals surface area contributed by atoms with Crippen molar-refractivity contribution in [3.8, 4) is 0 Å². The maximum atomic E-state index is 12.2. The first kappa shape index (κ1) is 22.1. The number of hydrogen-bond donors (Lipinski definition) is 2. The number of piperazine rings is 1. The summed E-state index contributed by atoms with van der Waals surface area (Å²) in [5.74, 6) is 0.740. The Balaban J connectivity index is 1.40. The number of amides is 2. The molecule has 3 rings (SSSR count). The fourth-order valence-corrected chi connectivity index (χ4v) is 3.43. The molecule has 2 heterocycles. The van der Waals surface area contributed by atoms with Crippen LogP contribution in [0.3, 0.4) is 0 Å². The fraction of sp³-hybridized carbons (Fsp3) is 0.409. The first-order chi connectivity index (χ1) is 14.5. The summed E-state index contributed by atoms with van der Waals surface area (Å²) < 4.78 is 0.